The zero-order valence-electron chi connectivity index (χ0n) is 62.8. The number of piperidine rings is 1. The van der Waals surface area contributed by atoms with Crippen molar-refractivity contribution in [1.82, 2.24) is 40.4 Å². The number of halogens is 12. The van der Waals surface area contributed by atoms with Gasteiger partial charge in [-0.25, -0.2) is 53.9 Å². The number of amides is 10. The average Bonchev–Trinajstić information content (AvgIpc) is 0.774. The maximum atomic E-state index is 14.5. The number of anilines is 3. The van der Waals surface area contributed by atoms with Gasteiger partial charge < -0.3 is 40.0 Å². The van der Waals surface area contributed by atoms with E-state index >= 15 is 0 Å². The smallest absolute Gasteiger partial charge is 0.410 e. The number of hydrogen-bond acceptors (Lipinski definition) is 14. The second-order valence-corrected chi connectivity index (χ2v) is 29.7. The molecule has 0 bridgehead atoms. The Morgan fingerprint density at radius 1 is 0.417 bits per heavy atom. The molecule has 3 saturated carbocycles. The van der Waals surface area contributed by atoms with E-state index in [0.717, 1.165) is 51.0 Å². The van der Waals surface area contributed by atoms with Crippen LogP contribution in [0.2, 0.25) is 15.1 Å². The Balaban J connectivity index is 0.000000182. The summed E-state index contributed by atoms with van der Waals surface area (Å²) >= 11 is 19.4. The second kappa shape index (κ2) is 37.5. The SMILES string of the molecule is COC(=O)N1CCCC[C@H]1C(=O)N(c1cccc(F)c1)[C@H](C(=O)NC1CC(F)(F)C1)c1ccccc1Cl.COC(=O)N1CCN(C(C)=O)C[C@H]1C(=O)N(c1cccc(F)c1)[C@H](C(=O)NC1CC(F)(F)C1)c1ccccc1Cl.COC(=O)N1CCN(C)C[C@H]1C(=O)N(c1cccc(F)c1)[C@H](C(=O)NC1CC(F)(F)C1)c1ccccc1Cl. The van der Waals surface area contributed by atoms with E-state index in [-0.39, 0.29) is 94.0 Å². The molecule has 616 valence electrons. The molecule has 3 aliphatic carbocycles. The molecular formula is C79H83Cl3F9N11O13. The highest BCUT2D eigenvalue weighted by atomic mass is 35.5. The topological polar surface area (TPSA) is 260 Å². The lowest BCUT2D eigenvalue weighted by Crippen LogP contribution is -2.63. The minimum absolute atomic E-state index is 0.0343. The van der Waals surface area contributed by atoms with E-state index in [0.29, 0.717) is 25.8 Å². The molecule has 24 nitrogen and oxygen atoms in total. The van der Waals surface area contributed by atoms with E-state index in [1.807, 2.05) is 4.90 Å². The monoisotopic (exact) mass is 1670 g/mol. The van der Waals surface area contributed by atoms with E-state index in [2.05, 4.69) is 16.0 Å². The number of nitrogens with zero attached hydrogens (tertiary/aromatic N) is 8. The van der Waals surface area contributed by atoms with Gasteiger partial charge in [-0.1, -0.05) is 108 Å². The van der Waals surface area contributed by atoms with Gasteiger partial charge in [-0.3, -0.25) is 63.0 Å². The number of nitrogens with one attached hydrogen (secondary N) is 3. The number of methoxy groups -OCH3 is 3. The quantitative estimate of drug-likeness (QED) is 0.0534. The fourth-order valence-corrected chi connectivity index (χ4v) is 15.3. The van der Waals surface area contributed by atoms with Crippen LogP contribution >= 0.6 is 34.8 Å². The van der Waals surface area contributed by atoms with Gasteiger partial charge in [0.2, 0.25) is 23.6 Å². The Kier molecular flexibility index (Phi) is 28.4. The highest BCUT2D eigenvalue weighted by molar-refractivity contribution is 6.32. The number of carbonyl (C=O) groups is 10. The van der Waals surface area contributed by atoms with Crippen LogP contribution in [-0.2, 0) is 47.8 Å². The van der Waals surface area contributed by atoms with Crippen molar-refractivity contribution >= 4 is 111 Å². The van der Waals surface area contributed by atoms with Crippen molar-refractivity contribution in [3.63, 3.8) is 0 Å². The predicted molar refractivity (Wildman–Crippen MR) is 405 cm³/mol. The van der Waals surface area contributed by atoms with E-state index in [1.165, 1.54) is 115 Å². The molecule has 6 aromatic rings. The third-order valence-corrected chi connectivity index (χ3v) is 21.4. The number of ether oxygens (including phenoxy) is 3. The average molecular weight is 1670 g/mol. The predicted octanol–water partition coefficient (Wildman–Crippen LogP) is 12.7. The fraction of sp³-hybridized carbons (Fsp3) is 0.418. The molecule has 115 heavy (non-hydrogen) atoms. The summed E-state index contributed by atoms with van der Waals surface area (Å²) in [7, 11) is 5.31. The van der Waals surface area contributed by atoms with Crippen LogP contribution in [0.25, 0.3) is 0 Å². The number of likely N-dealkylation sites (N-methyl/N-ethyl adjacent to an activating group) is 1. The second-order valence-electron chi connectivity index (χ2n) is 28.5. The first-order valence-electron chi connectivity index (χ1n) is 36.5. The summed E-state index contributed by atoms with van der Waals surface area (Å²) in [4.78, 5) is 144. The van der Waals surface area contributed by atoms with E-state index < -0.39 is 182 Å². The molecule has 6 aromatic carbocycles. The maximum absolute atomic E-state index is 14.5. The Labute approximate surface area is 670 Å². The maximum Gasteiger partial charge on any atom is 0.410 e. The lowest BCUT2D eigenvalue weighted by Gasteiger charge is -2.43. The van der Waals surface area contributed by atoms with Gasteiger partial charge in [-0.05, 0) is 99.1 Å². The lowest BCUT2D eigenvalue weighted by atomic mass is 9.87. The number of piperazine rings is 2. The lowest BCUT2D eigenvalue weighted by molar-refractivity contribution is -0.137. The Bertz CT molecular complexity index is 4580. The van der Waals surface area contributed by atoms with Crippen LogP contribution in [0.5, 0.6) is 0 Å². The molecule has 0 spiro atoms. The van der Waals surface area contributed by atoms with Crippen molar-refractivity contribution in [3.8, 4) is 0 Å². The van der Waals surface area contributed by atoms with Gasteiger partial charge in [0.1, 0.15) is 53.7 Å². The summed E-state index contributed by atoms with van der Waals surface area (Å²) in [6.07, 6.45) is -3.95. The minimum Gasteiger partial charge on any atom is -0.453 e. The summed E-state index contributed by atoms with van der Waals surface area (Å²) in [5.41, 5.74) is 0.629. The first-order chi connectivity index (χ1) is 54.5. The van der Waals surface area contributed by atoms with E-state index in [9.17, 15) is 87.5 Å². The summed E-state index contributed by atoms with van der Waals surface area (Å²) in [6, 6.07) is 23.7. The Morgan fingerprint density at radius 3 is 1.04 bits per heavy atom. The molecule has 36 heteroatoms. The molecule has 0 unspecified atom stereocenters. The molecule has 12 rings (SSSR count). The van der Waals surface area contributed by atoms with Crippen molar-refractivity contribution in [3.05, 3.63) is 195 Å². The molecule has 0 aromatic heterocycles. The van der Waals surface area contributed by atoms with Crippen molar-refractivity contribution in [1.29, 1.82) is 0 Å². The van der Waals surface area contributed by atoms with E-state index in [1.54, 1.807) is 49.5 Å². The van der Waals surface area contributed by atoms with Crippen molar-refractivity contribution in [2.45, 2.75) is 137 Å². The Morgan fingerprint density at radius 2 is 0.730 bits per heavy atom. The number of alkyl halides is 6. The summed E-state index contributed by atoms with van der Waals surface area (Å²) in [6.45, 7) is 2.22. The normalized spacial score (nSPS) is 19.8. The van der Waals surface area contributed by atoms with Crippen molar-refractivity contribution in [2.75, 3.05) is 88.9 Å². The highest BCUT2D eigenvalue weighted by Crippen LogP contribution is 2.44. The third-order valence-electron chi connectivity index (χ3n) is 20.4. The van der Waals surface area contributed by atoms with Gasteiger partial charge in [-0.15, -0.1) is 0 Å². The molecule has 3 heterocycles. The van der Waals surface area contributed by atoms with Crippen LogP contribution in [0.15, 0.2) is 146 Å². The third kappa shape index (κ3) is 21.0. The van der Waals surface area contributed by atoms with Crippen LogP contribution in [-0.4, -0.2) is 212 Å². The summed E-state index contributed by atoms with van der Waals surface area (Å²) in [5, 5.41) is 8.14. The number of carbonyl (C=O) groups excluding carboxylic acids is 10. The first-order valence-corrected chi connectivity index (χ1v) is 37.7. The minimum atomic E-state index is -2.92. The summed E-state index contributed by atoms with van der Waals surface area (Å²) in [5.74, 6) is -15.5. The van der Waals surface area contributed by atoms with E-state index in [4.69, 9.17) is 49.0 Å². The van der Waals surface area contributed by atoms with Crippen LogP contribution in [0, 0.1) is 17.5 Å². The zero-order valence-corrected chi connectivity index (χ0v) is 65.1. The number of likely N-dealkylation sites (tertiary alicyclic amines) is 1. The number of benzene rings is 6. The number of rotatable bonds is 18. The molecule has 6 aliphatic rings. The number of hydrogen-bond donors (Lipinski definition) is 3. The van der Waals surface area contributed by atoms with Gasteiger partial charge in [0, 0.05) is 152 Å². The van der Waals surface area contributed by atoms with Crippen LogP contribution < -0.4 is 30.7 Å². The van der Waals surface area contributed by atoms with Crippen LogP contribution in [0.4, 0.5) is 71.0 Å². The first kappa shape index (κ1) is 87.0. The molecule has 6 fully saturated rings. The molecule has 3 N–H and O–H groups in total. The fourth-order valence-electron chi connectivity index (χ4n) is 14.6. The zero-order chi connectivity index (χ0) is 83.5. The molecule has 10 amide bonds. The Hall–Kier alpha value is -10.4. The molecule has 6 atom stereocenters. The van der Waals surface area contributed by atoms with Crippen molar-refractivity contribution in [2.24, 2.45) is 0 Å². The molecule has 3 saturated heterocycles. The van der Waals surface area contributed by atoms with Gasteiger partial charge in [0.15, 0.2) is 0 Å². The van der Waals surface area contributed by atoms with Crippen molar-refractivity contribution < 1.29 is 102 Å². The van der Waals surface area contributed by atoms with Gasteiger partial charge >= 0.3 is 18.3 Å². The van der Waals surface area contributed by atoms with Gasteiger partial charge in [0.25, 0.3) is 35.5 Å². The van der Waals surface area contributed by atoms with Crippen LogP contribution in [0.3, 0.4) is 0 Å². The molecule has 3 aliphatic heterocycles. The summed E-state index contributed by atoms with van der Waals surface area (Å²) < 4.78 is 139. The van der Waals surface area contributed by atoms with Gasteiger partial charge in [0.05, 0.1) is 27.9 Å². The standard InChI is InChI=1S/C27H28ClF3N4O5.C26H28ClF3N4O4.C26H27ClF3N3O4/c1-16(36)33-10-11-34(26(39)40-2)22(15-33)25(38)35(19-7-5-6-17(29)12-19)23(20-8-3-4-9-21(20)28)24(37)32-18-13-27(30,31)14-18;1-32-10-11-33(25(37)38-2)21(15-32)24(36)34(18-7-5-6-16(28)12-18)22(19-8-3-4-9-20(19)27)23(35)31-17-13-26(29,30)14-17;1-37-25(36)32-12-5-4-11-21(32)24(35)33(18-8-6-7-16(28)13-18)22(19-9-2-3-10-20(19)27)23(34)31-17-14-26(29,30)15-17/h3-9,12,18,22-23H,10-11,13-15H2,1-2H3,(H,32,37);3-9,12,17,21-22H,10-11,13-15H2,1-2H3,(H,31,35);2-3,6-10,13,17,21-22H,4-5,11-12,14-15H2,1H3,(H,31,34)/t22-,23-;2*21-,22-/m000/s1. The van der Waals surface area contributed by atoms with Crippen LogP contribution in [0.1, 0.15) is 99.5 Å². The largest absolute Gasteiger partial charge is 0.453 e. The van der Waals surface area contributed by atoms with Gasteiger partial charge in [-0.2, -0.15) is 0 Å². The highest BCUT2D eigenvalue weighted by Gasteiger charge is 2.53. The molecule has 0 radical (unpaired) electrons. The molecular weight excluding hydrogens is 1590 g/mol.